The zero-order valence-corrected chi connectivity index (χ0v) is 10.9. The smallest absolute Gasteiger partial charge is 0.314 e. The average molecular weight is 284 g/mol. The highest BCUT2D eigenvalue weighted by Crippen LogP contribution is 2.52. The Morgan fingerprint density at radius 1 is 1.35 bits per heavy atom. The summed E-state index contributed by atoms with van der Waals surface area (Å²) in [5, 5.41) is 9.48. The molecule has 1 aliphatic carbocycles. The Bertz CT molecular complexity index is 573. The van der Waals surface area contributed by atoms with Crippen LogP contribution in [0.25, 0.3) is 0 Å². The summed E-state index contributed by atoms with van der Waals surface area (Å²) in [5.74, 6) is -3.57. The van der Waals surface area contributed by atoms with E-state index in [1.807, 2.05) is 0 Å². The highest BCUT2D eigenvalue weighted by molar-refractivity contribution is 5.84. The third-order valence-corrected chi connectivity index (χ3v) is 4.11. The van der Waals surface area contributed by atoms with Gasteiger partial charge in [0.1, 0.15) is 0 Å². The van der Waals surface area contributed by atoms with Crippen molar-refractivity contribution in [3.05, 3.63) is 23.3 Å². The largest absolute Gasteiger partial charge is 0.481 e. The Labute approximate surface area is 114 Å². The van der Waals surface area contributed by atoms with Crippen LogP contribution in [0.2, 0.25) is 0 Å². The topological polar surface area (TPSA) is 55.8 Å². The number of aliphatic carboxylic acids is 1. The van der Waals surface area contributed by atoms with Crippen LogP contribution in [-0.4, -0.2) is 17.9 Å². The summed E-state index contributed by atoms with van der Waals surface area (Å²) in [6, 6.07) is 2.47. The summed E-state index contributed by atoms with van der Waals surface area (Å²) in [4.78, 5) is 11.6. The minimum absolute atomic E-state index is 0.0726. The SMILES string of the molecule is CC(F)(F)c1cc2c(c(C3(C(=O)O)CCC3)c1)OCO2. The van der Waals surface area contributed by atoms with Gasteiger partial charge in [-0.3, -0.25) is 4.79 Å². The number of rotatable bonds is 3. The Morgan fingerprint density at radius 2 is 2.05 bits per heavy atom. The van der Waals surface area contributed by atoms with Gasteiger partial charge < -0.3 is 14.6 Å². The molecule has 0 unspecified atom stereocenters. The number of ether oxygens (including phenoxy) is 2. The van der Waals surface area contributed by atoms with Crippen molar-refractivity contribution in [3.8, 4) is 11.5 Å². The molecule has 1 saturated carbocycles. The second-order valence-corrected chi connectivity index (χ2v) is 5.39. The molecule has 1 heterocycles. The van der Waals surface area contributed by atoms with E-state index in [4.69, 9.17) is 9.47 Å². The van der Waals surface area contributed by atoms with E-state index in [0.717, 1.165) is 13.3 Å². The van der Waals surface area contributed by atoms with Crippen LogP contribution in [0.4, 0.5) is 8.78 Å². The lowest BCUT2D eigenvalue weighted by Gasteiger charge is -2.38. The number of alkyl halides is 2. The molecule has 1 aliphatic heterocycles. The quantitative estimate of drug-likeness (QED) is 0.927. The second-order valence-electron chi connectivity index (χ2n) is 5.39. The molecular weight excluding hydrogens is 270 g/mol. The first kappa shape index (κ1) is 13.1. The van der Waals surface area contributed by atoms with Gasteiger partial charge >= 0.3 is 5.97 Å². The van der Waals surface area contributed by atoms with E-state index < -0.39 is 17.3 Å². The number of carboxylic acids is 1. The Kier molecular flexibility index (Phi) is 2.68. The fourth-order valence-corrected chi connectivity index (χ4v) is 2.75. The van der Waals surface area contributed by atoms with Gasteiger partial charge in [0, 0.05) is 18.1 Å². The van der Waals surface area contributed by atoms with Crippen molar-refractivity contribution in [2.24, 2.45) is 0 Å². The number of carbonyl (C=O) groups is 1. The van der Waals surface area contributed by atoms with Gasteiger partial charge in [-0.15, -0.1) is 0 Å². The van der Waals surface area contributed by atoms with Gasteiger partial charge in [0.25, 0.3) is 5.92 Å². The summed E-state index contributed by atoms with van der Waals surface area (Å²) in [6.45, 7) is 0.708. The van der Waals surface area contributed by atoms with Gasteiger partial charge in [-0.1, -0.05) is 6.42 Å². The van der Waals surface area contributed by atoms with Crippen LogP contribution < -0.4 is 9.47 Å². The van der Waals surface area contributed by atoms with E-state index >= 15 is 0 Å². The molecule has 20 heavy (non-hydrogen) atoms. The molecule has 6 heteroatoms. The molecule has 0 radical (unpaired) electrons. The van der Waals surface area contributed by atoms with Crippen LogP contribution in [0.1, 0.15) is 37.3 Å². The van der Waals surface area contributed by atoms with E-state index in [1.54, 1.807) is 0 Å². The molecule has 1 fully saturated rings. The van der Waals surface area contributed by atoms with E-state index in [2.05, 4.69) is 0 Å². The summed E-state index contributed by atoms with van der Waals surface area (Å²) >= 11 is 0. The van der Waals surface area contributed by atoms with Crippen LogP contribution in [0.5, 0.6) is 11.5 Å². The summed E-state index contributed by atoms with van der Waals surface area (Å²) in [6.07, 6.45) is 1.61. The van der Waals surface area contributed by atoms with Crippen molar-refractivity contribution in [3.63, 3.8) is 0 Å². The molecular formula is C14H14F2O4. The van der Waals surface area contributed by atoms with Crippen molar-refractivity contribution in [2.45, 2.75) is 37.5 Å². The van der Waals surface area contributed by atoms with Crippen molar-refractivity contribution < 1.29 is 28.2 Å². The van der Waals surface area contributed by atoms with Gasteiger partial charge in [0.2, 0.25) is 6.79 Å². The molecule has 1 aromatic rings. The molecule has 3 rings (SSSR count). The molecule has 108 valence electrons. The Balaban J connectivity index is 2.19. The number of hydrogen-bond acceptors (Lipinski definition) is 3. The van der Waals surface area contributed by atoms with E-state index in [-0.39, 0.29) is 18.1 Å². The molecule has 0 aromatic heterocycles. The minimum Gasteiger partial charge on any atom is -0.481 e. The van der Waals surface area contributed by atoms with Crippen LogP contribution >= 0.6 is 0 Å². The van der Waals surface area contributed by atoms with Gasteiger partial charge in [0.15, 0.2) is 11.5 Å². The molecule has 2 aliphatic rings. The zero-order valence-electron chi connectivity index (χ0n) is 10.9. The first-order chi connectivity index (χ1) is 9.34. The van der Waals surface area contributed by atoms with Gasteiger partial charge in [-0.05, 0) is 25.0 Å². The fourth-order valence-electron chi connectivity index (χ4n) is 2.75. The fraction of sp³-hybridized carbons (Fsp3) is 0.500. The highest BCUT2D eigenvalue weighted by atomic mass is 19.3. The van der Waals surface area contributed by atoms with Crippen LogP contribution in [0.3, 0.4) is 0 Å². The van der Waals surface area contributed by atoms with E-state index in [1.165, 1.54) is 12.1 Å². The number of hydrogen-bond donors (Lipinski definition) is 1. The molecule has 0 saturated heterocycles. The molecule has 0 amide bonds. The zero-order chi connectivity index (χ0) is 14.5. The molecule has 0 bridgehead atoms. The van der Waals surface area contributed by atoms with Gasteiger partial charge in [-0.25, -0.2) is 8.78 Å². The summed E-state index contributed by atoms with van der Waals surface area (Å²) < 4.78 is 37.6. The van der Waals surface area contributed by atoms with Crippen molar-refractivity contribution in [2.75, 3.05) is 6.79 Å². The molecule has 0 spiro atoms. The molecule has 1 N–H and O–H groups in total. The monoisotopic (exact) mass is 284 g/mol. The lowest BCUT2D eigenvalue weighted by Crippen LogP contribution is -2.42. The first-order valence-electron chi connectivity index (χ1n) is 6.40. The van der Waals surface area contributed by atoms with E-state index in [9.17, 15) is 18.7 Å². The Morgan fingerprint density at radius 3 is 2.55 bits per heavy atom. The van der Waals surface area contributed by atoms with Crippen LogP contribution in [-0.2, 0) is 16.1 Å². The van der Waals surface area contributed by atoms with Crippen molar-refractivity contribution >= 4 is 5.97 Å². The van der Waals surface area contributed by atoms with Crippen molar-refractivity contribution in [1.29, 1.82) is 0 Å². The predicted molar refractivity (Wildman–Crippen MR) is 65.3 cm³/mol. The molecule has 0 atom stereocenters. The van der Waals surface area contributed by atoms with Gasteiger partial charge in [-0.2, -0.15) is 0 Å². The third kappa shape index (κ3) is 1.74. The van der Waals surface area contributed by atoms with Crippen molar-refractivity contribution in [1.82, 2.24) is 0 Å². The number of halogens is 2. The van der Waals surface area contributed by atoms with Crippen LogP contribution in [0, 0.1) is 0 Å². The number of fused-ring (bicyclic) bond motifs is 1. The number of benzene rings is 1. The maximum absolute atomic E-state index is 13.6. The Hall–Kier alpha value is -1.85. The summed E-state index contributed by atoms with van der Waals surface area (Å²) in [7, 11) is 0. The first-order valence-corrected chi connectivity index (χ1v) is 6.40. The van der Waals surface area contributed by atoms with Crippen LogP contribution in [0.15, 0.2) is 12.1 Å². The predicted octanol–water partition coefficient (Wildman–Crippen LogP) is 3.03. The van der Waals surface area contributed by atoms with E-state index in [0.29, 0.717) is 24.2 Å². The van der Waals surface area contributed by atoms with Gasteiger partial charge in [0.05, 0.1) is 5.41 Å². The number of carboxylic acid groups (broad SMARTS) is 1. The average Bonchev–Trinajstić information content (AvgIpc) is 2.73. The molecule has 1 aromatic carbocycles. The third-order valence-electron chi connectivity index (χ3n) is 4.11. The maximum Gasteiger partial charge on any atom is 0.314 e. The second kappa shape index (κ2) is 4.07. The normalized spacial score (nSPS) is 19.6. The lowest BCUT2D eigenvalue weighted by molar-refractivity contribution is -0.147. The highest BCUT2D eigenvalue weighted by Gasteiger charge is 2.49. The maximum atomic E-state index is 13.6. The summed E-state index contributed by atoms with van der Waals surface area (Å²) in [5.41, 5.74) is -1.06. The standard InChI is InChI=1S/C14H14F2O4/c1-13(15,16)8-5-9(11-10(6-8)19-7-20-11)14(12(17)18)3-2-4-14/h5-6H,2-4,7H2,1H3,(H,17,18). The molecule has 4 nitrogen and oxygen atoms in total. The lowest BCUT2D eigenvalue weighted by atomic mass is 9.64. The minimum atomic E-state index is -3.06.